The Morgan fingerprint density at radius 1 is 1.19 bits per heavy atom. The number of benzene rings is 1. The summed E-state index contributed by atoms with van der Waals surface area (Å²) < 4.78 is 2.76. The number of hydrogen-bond acceptors (Lipinski definition) is 4. The van der Waals surface area contributed by atoms with Crippen molar-refractivity contribution in [1.82, 2.24) is 24.1 Å². The quantitative estimate of drug-likeness (QED) is 0.708. The van der Waals surface area contributed by atoms with Crippen LogP contribution in [0, 0.1) is 6.92 Å². The zero-order valence-corrected chi connectivity index (χ0v) is 15.3. The van der Waals surface area contributed by atoms with Crippen LogP contribution in [0.25, 0.3) is 16.6 Å². The van der Waals surface area contributed by atoms with Crippen LogP contribution in [0.15, 0.2) is 29.1 Å². The van der Waals surface area contributed by atoms with Crippen LogP contribution < -0.4 is 5.69 Å². The first-order chi connectivity index (χ1) is 12.5. The molecular weight excluding hydrogens is 330 g/mol. The summed E-state index contributed by atoms with van der Waals surface area (Å²) in [6, 6.07) is 7.98. The summed E-state index contributed by atoms with van der Waals surface area (Å²) in [6.45, 7) is 5.88. The average molecular weight is 353 g/mol. The minimum Gasteiger partial charge on any atom is -0.336 e. The first-order valence-corrected chi connectivity index (χ1v) is 9.13. The molecule has 26 heavy (non-hydrogen) atoms. The molecule has 1 aromatic carbocycles. The number of para-hydroxylation sites is 1. The Kier molecular flexibility index (Phi) is 4.01. The number of carbonyl (C=O) groups is 1. The Balaban J connectivity index is 1.77. The standard InChI is InChI=1S/C19H23N5O2/c1-12-7-6-8-13(2)23(12)17(25)11-22-19(26)24-14(3)20-16-10-5-4-9-15(16)18(24)21-22/h4-5,9-10,12-13H,6-8,11H2,1-3H3. The molecule has 136 valence electrons. The number of amides is 1. The summed E-state index contributed by atoms with van der Waals surface area (Å²) in [5.74, 6) is 0.521. The third-order valence-electron chi connectivity index (χ3n) is 5.36. The highest BCUT2D eigenvalue weighted by Gasteiger charge is 2.29. The smallest absolute Gasteiger partial charge is 0.336 e. The van der Waals surface area contributed by atoms with Gasteiger partial charge in [0.1, 0.15) is 12.4 Å². The molecule has 2 unspecified atom stereocenters. The fraction of sp³-hybridized carbons (Fsp3) is 0.474. The summed E-state index contributed by atoms with van der Waals surface area (Å²) in [5.41, 5.74) is 1.02. The zero-order chi connectivity index (χ0) is 18.4. The fourth-order valence-electron chi connectivity index (χ4n) is 4.08. The SMILES string of the molecule is Cc1nc2ccccc2c2nn(CC(=O)N3C(C)CCCC3C)c(=O)n12. The highest BCUT2D eigenvalue weighted by molar-refractivity contribution is 5.91. The second kappa shape index (κ2) is 6.23. The fourth-order valence-corrected chi connectivity index (χ4v) is 4.08. The minimum atomic E-state index is -0.318. The van der Waals surface area contributed by atoms with E-state index in [9.17, 15) is 9.59 Å². The van der Waals surface area contributed by atoms with Crippen LogP contribution in [0.1, 0.15) is 38.9 Å². The minimum absolute atomic E-state index is 0.0387. The maximum Gasteiger partial charge on any atom is 0.352 e. The molecule has 2 aromatic heterocycles. The van der Waals surface area contributed by atoms with E-state index in [4.69, 9.17) is 0 Å². The Bertz CT molecular complexity index is 1040. The van der Waals surface area contributed by atoms with Gasteiger partial charge >= 0.3 is 5.69 Å². The predicted molar refractivity (Wildman–Crippen MR) is 99.1 cm³/mol. The molecule has 4 rings (SSSR count). The number of rotatable bonds is 2. The molecule has 2 atom stereocenters. The lowest BCUT2D eigenvalue weighted by atomic mass is 9.97. The summed E-state index contributed by atoms with van der Waals surface area (Å²) >= 11 is 0. The largest absolute Gasteiger partial charge is 0.352 e. The monoisotopic (exact) mass is 353 g/mol. The normalized spacial score (nSPS) is 20.8. The number of likely N-dealkylation sites (tertiary alicyclic amines) is 1. The number of fused-ring (bicyclic) bond motifs is 3. The lowest BCUT2D eigenvalue weighted by Crippen LogP contribution is -2.49. The van der Waals surface area contributed by atoms with Crippen molar-refractivity contribution < 1.29 is 4.79 Å². The third kappa shape index (κ3) is 2.58. The van der Waals surface area contributed by atoms with Gasteiger partial charge in [-0.1, -0.05) is 12.1 Å². The van der Waals surface area contributed by atoms with E-state index in [0.29, 0.717) is 11.5 Å². The van der Waals surface area contributed by atoms with Crippen molar-refractivity contribution in [2.45, 2.75) is 58.7 Å². The van der Waals surface area contributed by atoms with Crippen LogP contribution in [-0.4, -0.2) is 42.1 Å². The predicted octanol–water partition coefficient (Wildman–Crippen LogP) is 2.14. The topological polar surface area (TPSA) is 72.5 Å². The third-order valence-corrected chi connectivity index (χ3v) is 5.36. The molecule has 0 spiro atoms. The Labute approximate surface area is 151 Å². The number of piperidine rings is 1. The van der Waals surface area contributed by atoms with Gasteiger partial charge in [0.05, 0.1) is 5.52 Å². The van der Waals surface area contributed by atoms with E-state index in [0.717, 1.165) is 30.2 Å². The number of aryl methyl sites for hydroxylation is 1. The number of aromatic nitrogens is 4. The summed E-state index contributed by atoms with van der Waals surface area (Å²) in [5, 5.41) is 5.27. The first kappa shape index (κ1) is 16.8. The van der Waals surface area contributed by atoms with Gasteiger partial charge < -0.3 is 4.90 Å². The van der Waals surface area contributed by atoms with E-state index in [2.05, 4.69) is 23.9 Å². The Hall–Kier alpha value is -2.70. The van der Waals surface area contributed by atoms with Crippen LogP contribution >= 0.6 is 0 Å². The van der Waals surface area contributed by atoms with E-state index in [1.54, 1.807) is 6.92 Å². The molecule has 0 radical (unpaired) electrons. The molecule has 0 saturated carbocycles. The number of carbonyl (C=O) groups excluding carboxylic acids is 1. The average Bonchev–Trinajstić information content (AvgIpc) is 2.92. The van der Waals surface area contributed by atoms with Gasteiger partial charge in [-0.2, -0.15) is 0 Å². The molecule has 0 bridgehead atoms. The molecule has 1 saturated heterocycles. The highest BCUT2D eigenvalue weighted by Crippen LogP contribution is 2.23. The van der Waals surface area contributed by atoms with Crippen molar-refractivity contribution in [2.24, 2.45) is 0 Å². The van der Waals surface area contributed by atoms with E-state index in [1.165, 1.54) is 9.08 Å². The van der Waals surface area contributed by atoms with Gasteiger partial charge in [0.2, 0.25) is 5.91 Å². The number of hydrogen-bond donors (Lipinski definition) is 0. The maximum atomic E-state index is 12.9. The highest BCUT2D eigenvalue weighted by atomic mass is 16.2. The van der Waals surface area contributed by atoms with Gasteiger partial charge in [0, 0.05) is 17.5 Å². The lowest BCUT2D eigenvalue weighted by molar-refractivity contribution is -0.138. The van der Waals surface area contributed by atoms with Crippen molar-refractivity contribution in [2.75, 3.05) is 0 Å². The van der Waals surface area contributed by atoms with Crippen LogP contribution in [0.3, 0.4) is 0 Å². The molecular formula is C19H23N5O2. The van der Waals surface area contributed by atoms with Crippen LogP contribution in [-0.2, 0) is 11.3 Å². The van der Waals surface area contributed by atoms with Gasteiger partial charge in [-0.15, -0.1) is 5.10 Å². The first-order valence-electron chi connectivity index (χ1n) is 9.13. The summed E-state index contributed by atoms with van der Waals surface area (Å²) in [6.07, 6.45) is 3.14. The molecule has 3 aromatic rings. The molecule has 1 amide bonds. The van der Waals surface area contributed by atoms with Crippen molar-refractivity contribution in [1.29, 1.82) is 0 Å². The van der Waals surface area contributed by atoms with E-state index in [1.807, 2.05) is 29.2 Å². The van der Waals surface area contributed by atoms with E-state index < -0.39 is 0 Å². The molecule has 3 heterocycles. The Morgan fingerprint density at radius 3 is 2.62 bits per heavy atom. The van der Waals surface area contributed by atoms with Crippen LogP contribution in [0.4, 0.5) is 0 Å². The molecule has 7 heteroatoms. The van der Waals surface area contributed by atoms with Gasteiger partial charge in [-0.05, 0) is 52.2 Å². The molecule has 1 aliphatic rings. The van der Waals surface area contributed by atoms with Gasteiger partial charge in [-0.25, -0.2) is 18.9 Å². The molecule has 0 N–H and O–H groups in total. The molecule has 1 aliphatic heterocycles. The van der Waals surface area contributed by atoms with E-state index >= 15 is 0 Å². The summed E-state index contributed by atoms with van der Waals surface area (Å²) in [4.78, 5) is 32.1. The van der Waals surface area contributed by atoms with Crippen molar-refractivity contribution in [3.05, 3.63) is 40.6 Å². The lowest BCUT2D eigenvalue weighted by Gasteiger charge is -2.39. The van der Waals surface area contributed by atoms with E-state index in [-0.39, 0.29) is 30.2 Å². The van der Waals surface area contributed by atoms with Crippen molar-refractivity contribution in [3.8, 4) is 0 Å². The van der Waals surface area contributed by atoms with Crippen LogP contribution in [0.5, 0.6) is 0 Å². The zero-order valence-electron chi connectivity index (χ0n) is 15.3. The second-order valence-corrected chi connectivity index (χ2v) is 7.21. The van der Waals surface area contributed by atoms with Crippen molar-refractivity contribution in [3.63, 3.8) is 0 Å². The summed E-state index contributed by atoms with van der Waals surface area (Å²) in [7, 11) is 0. The van der Waals surface area contributed by atoms with Gasteiger partial charge in [0.15, 0.2) is 5.65 Å². The number of nitrogens with zero attached hydrogens (tertiary/aromatic N) is 5. The van der Waals surface area contributed by atoms with Crippen molar-refractivity contribution >= 4 is 22.5 Å². The van der Waals surface area contributed by atoms with Gasteiger partial charge in [-0.3, -0.25) is 4.79 Å². The van der Waals surface area contributed by atoms with Gasteiger partial charge in [0.25, 0.3) is 0 Å². The Morgan fingerprint density at radius 2 is 1.88 bits per heavy atom. The maximum absolute atomic E-state index is 12.9. The molecule has 1 fully saturated rings. The van der Waals surface area contributed by atoms with Crippen LogP contribution in [0.2, 0.25) is 0 Å². The molecule has 7 nitrogen and oxygen atoms in total. The second-order valence-electron chi connectivity index (χ2n) is 7.21. The molecule has 0 aliphatic carbocycles.